The van der Waals surface area contributed by atoms with Crippen LogP contribution >= 0.6 is 0 Å². The summed E-state index contributed by atoms with van der Waals surface area (Å²) >= 11 is 0. The fraction of sp³-hybridized carbons (Fsp3) is 0.533. The summed E-state index contributed by atoms with van der Waals surface area (Å²) in [6.45, 7) is 2.12. The Hall–Kier alpha value is -1.71. The summed E-state index contributed by atoms with van der Waals surface area (Å²) in [5.74, 6) is 0.399. The molecule has 0 radical (unpaired) electrons. The molecule has 2 atom stereocenters. The van der Waals surface area contributed by atoms with Gasteiger partial charge in [0.25, 0.3) is 0 Å². The van der Waals surface area contributed by atoms with E-state index in [9.17, 15) is 9.90 Å². The highest BCUT2D eigenvalue weighted by Crippen LogP contribution is 2.40. The van der Waals surface area contributed by atoms with Crippen molar-refractivity contribution in [3.05, 3.63) is 24.3 Å². The second kappa shape index (κ2) is 5.51. The minimum atomic E-state index is -0.852. The number of benzene rings is 1. The first kappa shape index (κ1) is 13.7. The van der Waals surface area contributed by atoms with Crippen molar-refractivity contribution in [2.75, 3.05) is 12.4 Å². The SMILES string of the molecule is CCC1CCC(Nc2ccccc2OC)(C(=O)O)C1. The quantitative estimate of drug-likeness (QED) is 0.856. The summed E-state index contributed by atoms with van der Waals surface area (Å²) < 4.78 is 5.28. The van der Waals surface area contributed by atoms with E-state index < -0.39 is 11.5 Å². The van der Waals surface area contributed by atoms with Gasteiger partial charge in [-0.25, -0.2) is 4.79 Å². The largest absolute Gasteiger partial charge is 0.495 e. The van der Waals surface area contributed by atoms with Crippen LogP contribution in [0.5, 0.6) is 5.75 Å². The van der Waals surface area contributed by atoms with Gasteiger partial charge in [0.1, 0.15) is 11.3 Å². The first-order valence-corrected chi connectivity index (χ1v) is 6.76. The molecule has 0 aromatic heterocycles. The third-order valence-corrected chi connectivity index (χ3v) is 4.08. The zero-order chi connectivity index (χ0) is 13.9. The van der Waals surface area contributed by atoms with Crippen LogP contribution in [0.15, 0.2) is 24.3 Å². The number of nitrogens with one attached hydrogen (secondary N) is 1. The number of carboxylic acids is 1. The zero-order valence-corrected chi connectivity index (χ0v) is 11.5. The van der Waals surface area contributed by atoms with Crippen molar-refractivity contribution in [1.82, 2.24) is 0 Å². The number of para-hydroxylation sites is 2. The summed E-state index contributed by atoms with van der Waals surface area (Å²) in [6.07, 6.45) is 3.34. The van der Waals surface area contributed by atoms with Crippen LogP contribution in [0.2, 0.25) is 0 Å². The fourth-order valence-electron chi connectivity index (χ4n) is 2.86. The molecule has 4 heteroatoms. The maximum absolute atomic E-state index is 11.7. The molecule has 1 aromatic rings. The van der Waals surface area contributed by atoms with Crippen LogP contribution in [-0.2, 0) is 4.79 Å². The highest BCUT2D eigenvalue weighted by Gasteiger charge is 2.45. The van der Waals surface area contributed by atoms with Gasteiger partial charge in [-0.2, -0.15) is 0 Å². The van der Waals surface area contributed by atoms with E-state index in [-0.39, 0.29) is 0 Å². The minimum absolute atomic E-state index is 0.485. The molecular weight excluding hydrogens is 242 g/mol. The van der Waals surface area contributed by atoms with E-state index in [0.29, 0.717) is 24.5 Å². The number of ether oxygens (including phenoxy) is 1. The molecule has 0 heterocycles. The van der Waals surface area contributed by atoms with Gasteiger partial charge in [0, 0.05) is 0 Å². The number of anilines is 1. The topological polar surface area (TPSA) is 58.6 Å². The standard InChI is InChI=1S/C15H21NO3/c1-3-11-8-9-15(10-11,14(17)18)16-12-6-4-5-7-13(12)19-2/h4-7,11,16H,3,8-10H2,1-2H3,(H,17,18). The van der Waals surface area contributed by atoms with Gasteiger partial charge in [0.2, 0.25) is 0 Å². The Morgan fingerprint density at radius 1 is 1.53 bits per heavy atom. The molecule has 2 rings (SSSR count). The monoisotopic (exact) mass is 263 g/mol. The van der Waals surface area contributed by atoms with Crippen LogP contribution in [0.4, 0.5) is 5.69 Å². The van der Waals surface area contributed by atoms with Gasteiger partial charge in [-0.1, -0.05) is 25.5 Å². The van der Waals surface area contributed by atoms with Crippen molar-refractivity contribution in [2.24, 2.45) is 5.92 Å². The van der Waals surface area contributed by atoms with Crippen molar-refractivity contribution in [2.45, 2.75) is 38.1 Å². The third kappa shape index (κ3) is 2.67. The van der Waals surface area contributed by atoms with Crippen LogP contribution in [0.25, 0.3) is 0 Å². The van der Waals surface area contributed by atoms with Crippen molar-refractivity contribution < 1.29 is 14.6 Å². The number of hydrogen-bond donors (Lipinski definition) is 2. The second-order valence-corrected chi connectivity index (χ2v) is 5.23. The molecule has 1 fully saturated rings. The molecule has 2 N–H and O–H groups in total. The Labute approximate surface area is 113 Å². The molecule has 1 aromatic carbocycles. The number of methoxy groups -OCH3 is 1. The average molecular weight is 263 g/mol. The van der Waals surface area contributed by atoms with Crippen LogP contribution in [0.3, 0.4) is 0 Å². The maximum Gasteiger partial charge on any atom is 0.329 e. The molecule has 0 spiro atoms. The minimum Gasteiger partial charge on any atom is -0.495 e. The van der Waals surface area contributed by atoms with Gasteiger partial charge in [0.05, 0.1) is 12.8 Å². The highest BCUT2D eigenvalue weighted by atomic mass is 16.5. The first-order valence-electron chi connectivity index (χ1n) is 6.76. The lowest BCUT2D eigenvalue weighted by Crippen LogP contribution is -2.44. The average Bonchev–Trinajstić information content (AvgIpc) is 2.84. The van der Waals surface area contributed by atoms with Crippen molar-refractivity contribution in [3.63, 3.8) is 0 Å². The van der Waals surface area contributed by atoms with E-state index in [4.69, 9.17) is 4.74 Å². The molecule has 0 bridgehead atoms. The van der Waals surface area contributed by atoms with Gasteiger partial charge in [0.15, 0.2) is 0 Å². The van der Waals surface area contributed by atoms with Crippen LogP contribution in [0, 0.1) is 5.92 Å². The number of carboxylic acid groups (broad SMARTS) is 1. The molecule has 19 heavy (non-hydrogen) atoms. The number of carbonyl (C=O) groups is 1. The summed E-state index contributed by atoms with van der Waals surface area (Å²) in [7, 11) is 1.59. The van der Waals surface area contributed by atoms with Crippen molar-refractivity contribution >= 4 is 11.7 Å². The van der Waals surface area contributed by atoms with E-state index in [2.05, 4.69) is 12.2 Å². The molecule has 0 amide bonds. The highest BCUT2D eigenvalue weighted by molar-refractivity contribution is 5.84. The van der Waals surface area contributed by atoms with Gasteiger partial charge in [-0.3, -0.25) is 0 Å². The van der Waals surface area contributed by atoms with Crippen molar-refractivity contribution in [3.8, 4) is 5.75 Å². The van der Waals surface area contributed by atoms with Crippen LogP contribution < -0.4 is 10.1 Å². The number of aliphatic carboxylic acids is 1. The van der Waals surface area contributed by atoms with Gasteiger partial charge in [-0.05, 0) is 37.3 Å². The molecule has 0 saturated heterocycles. The van der Waals surface area contributed by atoms with Crippen LogP contribution in [-0.4, -0.2) is 23.7 Å². The summed E-state index contributed by atoms with van der Waals surface area (Å²) in [5.41, 5.74) is -0.0980. The number of hydrogen-bond acceptors (Lipinski definition) is 3. The summed E-state index contributed by atoms with van der Waals surface area (Å²) in [5, 5.41) is 12.8. The normalized spacial score (nSPS) is 26.1. The smallest absolute Gasteiger partial charge is 0.329 e. The van der Waals surface area contributed by atoms with Crippen molar-refractivity contribution in [1.29, 1.82) is 0 Å². The lowest BCUT2D eigenvalue weighted by Gasteiger charge is -2.28. The van der Waals surface area contributed by atoms with Gasteiger partial charge < -0.3 is 15.2 Å². The lowest BCUT2D eigenvalue weighted by molar-refractivity contribution is -0.142. The predicted octanol–water partition coefficient (Wildman–Crippen LogP) is 3.14. The van der Waals surface area contributed by atoms with Gasteiger partial charge >= 0.3 is 5.97 Å². The Bertz CT molecular complexity index is 460. The van der Waals surface area contributed by atoms with E-state index >= 15 is 0 Å². The Morgan fingerprint density at radius 3 is 2.84 bits per heavy atom. The molecule has 1 saturated carbocycles. The zero-order valence-electron chi connectivity index (χ0n) is 11.5. The number of rotatable bonds is 5. The third-order valence-electron chi connectivity index (χ3n) is 4.08. The molecule has 1 aliphatic rings. The Kier molecular flexibility index (Phi) is 3.98. The second-order valence-electron chi connectivity index (χ2n) is 5.23. The van der Waals surface area contributed by atoms with E-state index in [1.807, 2.05) is 24.3 Å². The Morgan fingerprint density at radius 2 is 2.26 bits per heavy atom. The molecular formula is C15H21NO3. The van der Waals surface area contributed by atoms with Crippen LogP contribution in [0.1, 0.15) is 32.6 Å². The lowest BCUT2D eigenvalue weighted by atomic mass is 9.94. The Balaban J connectivity index is 2.25. The van der Waals surface area contributed by atoms with E-state index in [1.54, 1.807) is 7.11 Å². The maximum atomic E-state index is 11.7. The van der Waals surface area contributed by atoms with E-state index in [1.165, 1.54) is 0 Å². The molecule has 104 valence electrons. The first-order chi connectivity index (χ1) is 9.11. The predicted molar refractivity (Wildman–Crippen MR) is 74.6 cm³/mol. The molecule has 2 unspecified atom stereocenters. The molecule has 0 aliphatic heterocycles. The summed E-state index contributed by atoms with van der Waals surface area (Å²) in [6, 6.07) is 7.46. The molecule has 4 nitrogen and oxygen atoms in total. The van der Waals surface area contributed by atoms with E-state index in [0.717, 1.165) is 18.5 Å². The molecule has 1 aliphatic carbocycles. The fourth-order valence-corrected chi connectivity index (χ4v) is 2.86. The van der Waals surface area contributed by atoms with Gasteiger partial charge in [-0.15, -0.1) is 0 Å². The summed E-state index contributed by atoms with van der Waals surface area (Å²) in [4.78, 5) is 11.7.